The second-order valence-corrected chi connectivity index (χ2v) is 6.01. The highest BCUT2D eigenvalue weighted by Crippen LogP contribution is 2.25. The minimum absolute atomic E-state index is 0.159. The normalized spacial score (nSPS) is 16.6. The second-order valence-electron chi connectivity index (χ2n) is 6.01. The first kappa shape index (κ1) is 16.4. The van der Waals surface area contributed by atoms with Gasteiger partial charge in [-0.05, 0) is 43.2 Å². The maximum atomic E-state index is 13.3. The second kappa shape index (κ2) is 7.05. The number of hydrogen-bond donors (Lipinski definition) is 1. The Morgan fingerprint density at radius 1 is 1.15 bits per heavy atom. The monoisotopic (exact) mass is 353 g/mol. The Labute approximate surface area is 149 Å². The van der Waals surface area contributed by atoms with Crippen LogP contribution in [-0.2, 0) is 9.53 Å². The molecule has 0 radical (unpaired) electrons. The zero-order valence-corrected chi connectivity index (χ0v) is 13.8. The quantitative estimate of drug-likeness (QED) is 0.774. The Morgan fingerprint density at radius 3 is 2.81 bits per heavy atom. The highest BCUT2D eigenvalue weighted by molar-refractivity contribution is 5.94. The summed E-state index contributed by atoms with van der Waals surface area (Å²) < 4.78 is 24.0. The van der Waals surface area contributed by atoms with Gasteiger partial charge in [-0.15, -0.1) is 0 Å². The molecule has 1 aliphatic rings. The maximum absolute atomic E-state index is 13.3. The molecule has 0 aliphatic carbocycles. The van der Waals surface area contributed by atoms with Crippen molar-refractivity contribution in [2.24, 2.45) is 0 Å². The van der Waals surface area contributed by atoms with Crippen molar-refractivity contribution in [3.8, 4) is 22.8 Å². The van der Waals surface area contributed by atoms with Gasteiger partial charge in [0.2, 0.25) is 5.82 Å². The number of rotatable bonds is 4. The number of benzene rings is 2. The van der Waals surface area contributed by atoms with Crippen LogP contribution in [0.15, 0.2) is 53.1 Å². The van der Waals surface area contributed by atoms with Crippen LogP contribution < -0.4 is 5.32 Å². The number of nitrogens with zero attached hydrogens (tertiary/aromatic N) is 2. The summed E-state index contributed by atoms with van der Waals surface area (Å²) >= 11 is 0. The number of carbonyl (C=O) groups is 1. The van der Waals surface area contributed by atoms with Gasteiger partial charge in [-0.3, -0.25) is 4.79 Å². The Balaban J connectivity index is 1.54. The molecule has 1 aromatic heterocycles. The molecule has 1 atom stereocenters. The Kier molecular flexibility index (Phi) is 4.45. The molecule has 1 N–H and O–H groups in total. The number of carbonyl (C=O) groups excluding carboxylic acids is 1. The molecule has 0 spiro atoms. The number of halogens is 1. The summed E-state index contributed by atoms with van der Waals surface area (Å²) in [7, 11) is 0. The summed E-state index contributed by atoms with van der Waals surface area (Å²) in [6.45, 7) is 0.615. The van der Waals surface area contributed by atoms with Crippen molar-refractivity contribution in [3.05, 3.63) is 54.3 Å². The molecule has 4 rings (SSSR count). The Morgan fingerprint density at radius 2 is 2.00 bits per heavy atom. The lowest BCUT2D eigenvalue weighted by Gasteiger charge is -2.10. The van der Waals surface area contributed by atoms with E-state index in [-0.39, 0.29) is 17.6 Å². The number of aromatic nitrogens is 2. The number of amides is 1. The molecule has 7 heteroatoms. The summed E-state index contributed by atoms with van der Waals surface area (Å²) in [5.74, 6) is 0.0556. The Hall–Kier alpha value is -3.06. The lowest BCUT2D eigenvalue weighted by atomic mass is 10.1. The average Bonchev–Trinajstić information content (AvgIpc) is 3.34. The minimum atomic E-state index is -0.400. The largest absolute Gasteiger partial charge is 0.368 e. The molecule has 0 saturated carbocycles. The van der Waals surface area contributed by atoms with Gasteiger partial charge in [-0.2, -0.15) is 4.98 Å². The smallest absolute Gasteiger partial charge is 0.258 e. The van der Waals surface area contributed by atoms with Crippen LogP contribution in [0.3, 0.4) is 0 Å². The molecule has 6 nitrogen and oxygen atoms in total. The molecule has 1 fully saturated rings. The minimum Gasteiger partial charge on any atom is -0.368 e. The fraction of sp³-hybridized carbons (Fsp3) is 0.211. The van der Waals surface area contributed by atoms with Crippen LogP contribution >= 0.6 is 0 Å². The van der Waals surface area contributed by atoms with E-state index in [1.807, 2.05) is 6.07 Å². The lowest BCUT2D eigenvalue weighted by Crippen LogP contribution is -2.26. The first-order chi connectivity index (χ1) is 12.7. The van der Waals surface area contributed by atoms with E-state index in [0.717, 1.165) is 12.8 Å². The standard InChI is InChI=1S/C19H16FN3O3/c20-14-6-1-5-13(10-14)19-22-17(23-26-19)12-4-2-7-15(11-12)21-18(24)16-8-3-9-25-16/h1-2,4-7,10-11,16H,3,8-9H2,(H,21,24). The van der Waals surface area contributed by atoms with Crippen LogP contribution in [0.2, 0.25) is 0 Å². The average molecular weight is 353 g/mol. The van der Waals surface area contributed by atoms with Gasteiger partial charge in [0.1, 0.15) is 11.9 Å². The summed E-state index contributed by atoms with van der Waals surface area (Å²) in [6, 6.07) is 13.1. The third-order valence-corrected chi connectivity index (χ3v) is 4.11. The molecule has 1 unspecified atom stereocenters. The topological polar surface area (TPSA) is 77.3 Å². The highest BCUT2D eigenvalue weighted by atomic mass is 19.1. The predicted octanol–water partition coefficient (Wildman–Crippen LogP) is 3.66. The first-order valence-electron chi connectivity index (χ1n) is 8.31. The SMILES string of the molecule is O=C(Nc1cccc(-c2noc(-c3cccc(F)c3)n2)c1)C1CCCO1. The molecule has 0 bridgehead atoms. The van der Waals surface area contributed by atoms with Gasteiger partial charge >= 0.3 is 0 Å². The van der Waals surface area contributed by atoms with E-state index in [9.17, 15) is 9.18 Å². The van der Waals surface area contributed by atoms with E-state index >= 15 is 0 Å². The fourth-order valence-electron chi connectivity index (χ4n) is 2.82. The van der Waals surface area contributed by atoms with E-state index in [1.165, 1.54) is 12.1 Å². The lowest BCUT2D eigenvalue weighted by molar-refractivity contribution is -0.124. The highest BCUT2D eigenvalue weighted by Gasteiger charge is 2.23. The van der Waals surface area contributed by atoms with Crippen LogP contribution in [0.4, 0.5) is 10.1 Å². The van der Waals surface area contributed by atoms with Crippen molar-refractivity contribution in [2.75, 3.05) is 11.9 Å². The molecule has 26 heavy (non-hydrogen) atoms. The first-order valence-corrected chi connectivity index (χ1v) is 8.31. The van der Waals surface area contributed by atoms with Crippen molar-refractivity contribution in [2.45, 2.75) is 18.9 Å². The summed E-state index contributed by atoms with van der Waals surface area (Å²) in [5.41, 5.74) is 1.81. The molecule has 132 valence electrons. The van der Waals surface area contributed by atoms with Gasteiger partial charge in [0.05, 0.1) is 0 Å². The van der Waals surface area contributed by atoms with E-state index < -0.39 is 6.10 Å². The molecule has 2 aromatic carbocycles. The molecular weight excluding hydrogens is 337 g/mol. The fourth-order valence-corrected chi connectivity index (χ4v) is 2.82. The third-order valence-electron chi connectivity index (χ3n) is 4.11. The number of hydrogen-bond acceptors (Lipinski definition) is 5. The van der Waals surface area contributed by atoms with Crippen molar-refractivity contribution >= 4 is 11.6 Å². The molecule has 1 saturated heterocycles. The third kappa shape index (κ3) is 3.48. The van der Waals surface area contributed by atoms with E-state index in [2.05, 4.69) is 15.5 Å². The van der Waals surface area contributed by atoms with Crippen molar-refractivity contribution < 1.29 is 18.4 Å². The van der Waals surface area contributed by atoms with Crippen LogP contribution in [0.1, 0.15) is 12.8 Å². The van der Waals surface area contributed by atoms with Crippen molar-refractivity contribution in [1.82, 2.24) is 10.1 Å². The summed E-state index contributed by atoms with van der Waals surface area (Å²) in [6.07, 6.45) is 1.22. The van der Waals surface area contributed by atoms with E-state index in [0.29, 0.717) is 29.2 Å². The van der Waals surface area contributed by atoms with Crippen LogP contribution in [0.25, 0.3) is 22.8 Å². The zero-order valence-electron chi connectivity index (χ0n) is 13.8. The van der Waals surface area contributed by atoms with Crippen molar-refractivity contribution in [3.63, 3.8) is 0 Å². The Bertz CT molecular complexity index is 935. The van der Waals surface area contributed by atoms with Gasteiger partial charge in [-0.25, -0.2) is 4.39 Å². The molecule has 1 amide bonds. The summed E-state index contributed by atoms with van der Waals surface area (Å²) in [4.78, 5) is 16.5. The number of ether oxygens (including phenoxy) is 1. The van der Waals surface area contributed by atoms with Crippen LogP contribution in [0.5, 0.6) is 0 Å². The van der Waals surface area contributed by atoms with Crippen LogP contribution in [0, 0.1) is 5.82 Å². The van der Waals surface area contributed by atoms with Gasteiger partial charge in [0.25, 0.3) is 11.8 Å². The van der Waals surface area contributed by atoms with Gasteiger partial charge < -0.3 is 14.6 Å². The van der Waals surface area contributed by atoms with Crippen LogP contribution in [-0.4, -0.2) is 28.8 Å². The maximum Gasteiger partial charge on any atom is 0.258 e. The van der Waals surface area contributed by atoms with E-state index in [1.54, 1.807) is 30.3 Å². The number of anilines is 1. The molecule has 1 aliphatic heterocycles. The zero-order chi connectivity index (χ0) is 17.9. The predicted molar refractivity (Wildman–Crippen MR) is 92.7 cm³/mol. The van der Waals surface area contributed by atoms with Gasteiger partial charge in [-0.1, -0.05) is 23.4 Å². The summed E-state index contributed by atoms with van der Waals surface area (Å²) in [5, 5.41) is 6.78. The molecule has 3 aromatic rings. The van der Waals surface area contributed by atoms with Gasteiger partial charge in [0.15, 0.2) is 0 Å². The molecular formula is C19H16FN3O3. The van der Waals surface area contributed by atoms with Crippen molar-refractivity contribution in [1.29, 1.82) is 0 Å². The van der Waals surface area contributed by atoms with Gasteiger partial charge in [0, 0.05) is 23.4 Å². The molecule has 2 heterocycles. The number of nitrogens with one attached hydrogen (secondary N) is 1. The van der Waals surface area contributed by atoms with E-state index in [4.69, 9.17) is 9.26 Å².